The lowest BCUT2D eigenvalue weighted by Gasteiger charge is -2.07. The van der Waals surface area contributed by atoms with Crippen LogP contribution in [0.2, 0.25) is 0 Å². The molecule has 0 aliphatic carbocycles. The zero-order valence-corrected chi connectivity index (χ0v) is 11.2. The largest absolute Gasteiger partial charge is 0.423 e. The van der Waals surface area contributed by atoms with Crippen molar-refractivity contribution in [2.75, 3.05) is 0 Å². The van der Waals surface area contributed by atoms with E-state index >= 15 is 0 Å². The summed E-state index contributed by atoms with van der Waals surface area (Å²) in [4.78, 5) is 8.23. The van der Waals surface area contributed by atoms with Crippen molar-refractivity contribution in [2.24, 2.45) is 5.73 Å². The molecule has 0 aliphatic heterocycles. The summed E-state index contributed by atoms with van der Waals surface area (Å²) in [6.45, 7) is 2.11. The molecule has 0 atom stereocenters. The molecule has 6 heteroatoms. The van der Waals surface area contributed by atoms with E-state index in [1.54, 1.807) is 12.1 Å². The van der Waals surface area contributed by atoms with Crippen molar-refractivity contribution in [1.82, 2.24) is 9.97 Å². The van der Waals surface area contributed by atoms with E-state index < -0.39 is 0 Å². The van der Waals surface area contributed by atoms with E-state index in [2.05, 4.69) is 25.9 Å². The third-order valence-electron chi connectivity index (χ3n) is 2.19. The number of aryl methyl sites for hydroxylation is 1. The molecule has 18 heavy (non-hydrogen) atoms. The molecule has 1 aromatic carbocycles. The molecular weight excluding hydrogens is 301 g/mol. The van der Waals surface area contributed by atoms with Gasteiger partial charge in [0.15, 0.2) is 0 Å². The van der Waals surface area contributed by atoms with Gasteiger partial charge in [-0.25, -0.2) is 9.37 Å². The van der Waals surface area contributed by atoms with E-state index in [0.29, 0.717) is 22.5 Å². The minimum Gasteiger partial charge on any atom is -0.423 e. The molecule has 94 valence electrons. The highest BCUT2D eigenvalue weighted by Gasteiger charge is 2.08. The van der Waals surface area contributed by atoms with Crippen LogP contribution in [0.3, 0.4) is 0 Å². The van der Waals surface area contributed by atoms with Gasteiger partial charge in [0, 0.05) is 18.3 Å². The highest BCUT2D eigenvalue weighted by atomic mass is 79.9. The lowest BCUT2D eigenvalue weighted by atomic mass is 10.3. The van der Waals surface area contributed by atoms with Crippen molar-refractivity contribution in [1.29, 1.82) is 0 Å². The fourth-order valence-electron chi connectivity index (χ4n) is 1.41. The van der Waals surface area contributed by atoms with Crippen molar-refractivity contribution in [3.8, 4) is 11.8 Å². The summed E-state index contributed by atoms with van der Waals surface area (Å²) in [5.74, 6) is -0.0662. The van der Waals surface area contributed by atoms with Crippen LogP contribution in [0.15, 0.2) is 28.7 Å². The summed E-state index contributed by atoms with van der Waals surface area (Å²) in [6.07, 6.45) is 0. The Bertz CT molecular complexity index is 577. The summed E-state index contributed by atoms with van der Waals surface area (Å²) >= 11 is 3.27. The number of hydrogen-bond acceptors (Lipinski definition) is 4. The third kappa shape index (κ3) is 3.02. The maximum Gasteiger partial charge on any atom is 0.322 e. The van der Waals surface area contributed by atoms with E-state index in [4.69, 9.17) is 10.5 Å². The topological polar surface area (TPSA) is 61.0 Å². The van der Waals surface area contributed by atoms with E-state index in [0.717, 1.165) is 5.69 Å². The Labute approximate surface area is 112 Å². The highest BCUT2D eigenvalue weighted by molar-refractivity contribution is 9.10. The van der Waals surface area contributed by atoms with Crippen molar-refractivity contribution in [3.05, 3.63) is 45.9 Å². The standard InChI is InChI=1S/C12H11BrFN3O/c1-7-4-9(6-15)17-12(16-7)18-11-5-8(14)2-3-10(11)13/h2-5H,6,15H2,1H3. The Morgan fingerprint density at radius 1 is 1.33 bits per heavy atom. The van der Waals surface area contributed by atoms with Crippen molar-refractivity contribution in [3.63, 3.8) is 0 Å². The lowest BCUT2D eigenvalue weighted by Crippen LogP contribution is -2.03. The molecule has 0 radical (unpaired) electrons. The first-order valence-corrected chi connectivity index (χ1v) is 6.05. The summed E-state index contributed by atoms with van der Waals surface area (Å²) in [5.41, 5.74) is 6.93. The van der Waals surface area contributed by atoms with Gasteiger partial charge in [-0.1, -0.05) is 0 Å². The van der Waals surface area contributed by atoms with Gasteiger partial charge in [0.2, 0.25) is 0 Å². The summed E-state index contributed by atoms with van der Waals surface area (Å²) in [5, 5.41) is 0. The second-order valence-corrected chi connectivity index (χ2v) is 4.52. The Kier molecular flexibility index (Phi) is 3.88. The normalized spacial score (nSPS) is 10.4. The average Bonchev–Trinajstić information content (AvgIpc) is 2.33. The van der Waals surface area contributed by atoms with Crippen LogP contribution in [0.25, 0.3) is 0 Å². The van der Waals surface area contributed by atoms with Gasteiger partial charge in [0.05, 0.1) is 10.2 Å². The molecule has 2 rings (SSSR count). The van der Waals surface area contributed by atoms with E-state index in [1.165, 1.54) is 12.1 Å². The number of nitrogens with zero attached hydrogens (tertiary/aromatic N) is 2. The molecule has 0 spiro atoms. The Morgan fingerprint density at radius 3 is 2.83 bits per heavy atom. The fraction of sp³-hybridized carbons (Fsp3) is 0.167. The number of benzene rings is 1. The van der Waals surface area contributed by atoms with E-state index in [9.17, 15) is 4.39 Å². The monoisotopic (exact) mass is 311 g/mol. The smallest absolute Gasteiger partial charge is 0.322 e. The second-order valence-electron chi connectivity index (χ2n) is 3.66. The SMILES string of the molecule is Cc1cc(CN)nc(Oc2cc(F)ccc2Br)n1. The first kappa shape index (κ1) is 12.9. The van der Waals surface area contributed by atoms with E-state index in [-0.39, 0.29) is 11.8 Å². The number of nitrogens with two attached hydrogens (primary N) is 1. The number of ether oxygens (including phenoxy) is 1. The fourth-order valence-corrected chi connectivity index (χ4v) is 1.74. The van der Waals surface area contributed by atoms with Gasteiger partial charge in [-0.05, 0) is 41.1 Å². The molecule has 0 amide bonds. The molecule has 0 saturated heterocycles. The molecule has 2 N–H and O–H groups in total. The first-order valence-electron chi connectivity index (χ1n) is 5.26. The van der Waals surface area contributed by atoms with Crippen LogP contribution in [0, 0.1) is 12.7 Å². The minimum atomic E-state index is -0.389. The summed E-state index contributed by atoms with van der Waals surface area (Å²) < 4.78 is 19.2. The summed E-state index contributed by atoms with van der Waals surface area (Å²) in [7, 11) is 0. The molecule has 0 fully saturated rings. The third-order valence-corrected chi connectivity index (χ3v) is 2.85. The second kappa shape index (κ2) is 5.41. The van der Waals surface area contributed by atoms with Crippen molar-refractivity contribution < 1.29 is 9.13 Å². The zero-order chi connectivity index (χ0) is 13.1. The maximum absolute atomic E-state index is 13.1. The highest BCUT2D eigenvalue weighted by Crippen LogP contribution is 2.28. The Balaban J connectivity index is 2.33. The van der Waals surface area contributed by atoms with Crippen molar-refractivity contribution in [2.45, 2.75) is 13.5 Å². The predicted molar refractivity (Wildman–Crippen MR) is 68.8 cm³/mol. The summed E-state index contributed by atoms with van der Waals surface area (Å²) in [6, 6.07) is 6.08. The Hall–Kier alpha value is -1.53. The molecule has 4 nitrogen and oxygen atoms in total. The predicted octanol–water partition coefficient (Wildman–Crippen LogP) is 2.94. The van der Waals surface area contributed by atoms with Crippen LogP contribution in [0.4, 0.5) is 4.39 Å². The molecule has 1 heterocycles. The van der Waals surface area contributed by atoms with Gasteiger partial charge in [-0.2, -0.15) is 4.98 Å². The van der Waals surface area contributed by atoms with Crippen LogP contribution in [0.5, 0.6) is 11.8 Å². The molecule has 0 aliphatic rings. The van der Waals surface area contributed by atoms with Crippen LogP contribution < -0.4 is 10.5 Å². The number of aromatic nitrogens is 2. The quantitative estimate of drug-likeness (QED) is 0.946. The number of hydrogen-bond donors (Lipinski definition) is 1. The van der Waals surface area contributed by atoms with Crippen LogP contribution in [0.1, 0.15) is 11.4 Å². The van der Waals surface area contributed by atoms with Gasteiger partial charge in [0.25, 0.3) is 0 Å². The molecule has 0 unspecified atom stereocenters. The molecular formula is C12H11BrFN3O. The van der Waals surface area contributed by atoms with Gasteiger partial charge in [-0.15, -0.1) is 0 Å². The van der Waals surface area contributed by atoms with Crippen molar-refractivity contribution >= 4 is 15.9 Å². The molecule has 0 saturated carbocycles. The number of halogens is 2. The maximum atomic E-state index is 13.1. The van der Waals surface area contributed by atoms with Crippen LogP contribution >= 0.6 is 15.9 Å². The lowest BCUT2D eigenvalue weighted by molar-refractivity contribution is 0.431. The van der Waals surface area contributed by atoms with Gasteiger partial charge in [-0.3, -0.25) is 0 Å². The van der Waals surface area contributed by atoms with Gasteiger partial charge < -0.3 is 10.5 Å². The number of rotatable bonds is 3. The van der Waals surface area contributed by atoms with Gasteiger partial charge >= 0.3 is 6.01 Å². The van der Waals surface area contributed by atoms with Crippen LogP contribution in [-0.4, -0.2) is 9.97 Å². The minimum absolute atomic E-state index is 0.154. The molecule has 0 bridgehead atoms. The van der Waals surface area contributed by atoms with E-state index in [1.807, 2.05) is 6.92 Å². The molecule has 2 aromatic rings. The zero-order valence-electron chi connectivity index (χ0n) is 9.65. The first-order chi connectivity index (χ1) is 8.58. The molecule has 1 aromatic heterocycles. The van der Waals surface area contributed by atoms with Gasteiger partial charge in [0.1, 0.15) is 11.6 Å². The Morgan fingerprint density at radius 2 is 2.11 bits per heavy atom. The average molecular weight is 312 g/mol. The van der Waals surface area contributed by atoms with Crippen LogP contribution in [-0.2, 0) is 6.54 Å².